The maximum Gasteiger partial charge on any atom is 0.244 e. The Hall–Kier alpha value is -2.12. The van der Waals surface area contributed by atoms with E-state index in [1.165, 1.54) is 6.20 Å². The summed E-state index contributed by atoms with van der Waals surface area (Å²) in [6.45, 7) is 3.28. The van der Waals surface area contributed by atoms with Crippen molar-refractivity contribution in [1.82, 2.24) is 9.29 Å². The highest BCUT2D eigenvalue weighted by Gasteiger charge is 2.26. The van der Waals surface area contributed by atoms with Gasteiger partial charge in [0.05, 0.1) is 13.2 Å². The van der Waals surface area contributed by atoms with Crippen molar-refractivity contribution in [3.8, 4) is 5.75 Å². The zero-order valence-electron chi connectivity index (χ0n) is 16.1. The number of hydrogen-bond acceptors (Lipinski definition) is 5. The third kappa shape index (κ3) is 4.25. The number of piperidine rings is 1. The highest BCUT2D eigenvalue weighted by molar-refractivity contribution is 7.89. The van der Waals surface area contributed by atoms with Crippen LogP contribution in [0.1, 0.15) is 37.8 Å². The van der Waals surface area contributed by atoms with E-state index in [4.69, 9.17) is 4.74 Å². The molecule has 1 aliphatic heterocycles. The molecule has 1 aromatic carbocycles. The number of hydrogen-bond donors (Lipinski definition) is 0. The molecular weight excluding hydrogens is 362 g/mol. The van der Waals surface area contributed by atoms with Gasteiger partial charge in [0.2, 0.25) is 10.0 Å². The Labute approximate surface area is 161 Å². The largest absolute Gasteiger partial charge is 0.497 e. The topological polar surface area (TPSA) is 62.7 Å². The van der Waals surface area contributed by atoms with Gasteiger partial charge in [0.25, 0.3) is 0 Å². The summed E-state index contributed by atoms with van der Waals surface area (Å²) in [5.41, 5.74) is 1.13. The summed E-state index contributed by atoms with van der Waals surface area (Å²) in [7, 11) is 0.155. The minimum Gasteiger partial charge on any atom is -0.497 e. The first-order chi connectivity index (χ1) is 12.9. The number of methoxy groups -OCH3 is 1. The second kappa shape index (κ2) is 8.27. The number of sulfonamides is 1. The van der Waals surface area contributed by atoms with Crippen LogP contribution in [0.2, 0.25) is 0 Å². The van der Waals surface area contributed by atoms with Gasteiger partial charge in [0.15, 0.2) is 0 Å². The molecule has 0 N–H and O–H groups in total. The van der Waals surface area contributed by atoms with E-state index in [0.29, 0.717) is 13.1 Å². The van der Waals surface area contributed by atoms with Crippen LogP contribution in [0.25, 0.3) is 0 Å². The minimum atomic E-state index is -3.45. The van der Waals surface area contributed by atoms with Gasteiger partial charge in [-0.05, 0) is 49.6 Å². The van der Waals surface area contributed by atoms with Crippen molar-refractivity contribution in [2.75, 3.05) is 32.1 Å². The Morgan fingerprint density at radius 1 is 1.07 bits per heavy atom. The average Bonchev–Trinajstić information content (AvgIpc) is 2.73. The van der Waals surface area contributed by atoms with Crippen molar-refractivity contribution >= 4 is 15.8 Å². The lowest BCUT2D eigenvalue weighted by Gasteiger charge is -2.28. The summed E-state index contributed by atoms with van der Waals surface area (Å²) < 4.78 is 32.3. The van der Waals surface area contributed by atoms with E-state index < -0.39 is 10.0 Å². The fourth-order valence-electron chi connectivity index (χ4n) is 3.29. The second-order valence-electron chi connectivity index (χ2n) is 6.88. The number of pyridine rings is 1. The second-order valence-corrected chi connectivity index (χ2v) is 8.81. The molecule has 0 radical (unpaired) electrons. The quantitative estimate of drug-likeness (QED) is 0.757. The average molecular weight is 390 g/mol. The highest BCUT2D eigenvalue weighted by Crippen LogP contribution is 2.27. The van der Waals surface area contributed by atoms with Crippen LogP contribution >= 0.6 is 0 Å². The third-order valence-corrected chi connectivity index (χ3v) is 7.10. The lowest BCUT2D eigenvalue weighted by Crippen LogP contribution is -2.35. The van der Waals surface area contributed by atoms with E-state index in [-0.39, 0.29) is 10.9 Å². The van der Waals surface area contributed by atoms with Crippen LogP contribution in [0.3, 0.4) is 0 Å². The molecule has 0 bridgehead atoms. The Kier molecular flexibility index (Phi) is 6.01. The van der Waals surface area contributed by atoms with Crippen LogP contribution < -0.4 is 9.64 Å². The van der Waals surface area contributed by atoms with Crippen LogP contribution in [0.15, 0.2) is 47.5 Å². The number of nitrogens with zero attached hydrogens (tertiary/aromatic N) is 3. The summed E-state index contributed by atoms with van der Waals surface area (Å²) in [5, 5.41) is 0. The molecule has 27 heavy (non-hydrogen) atoms. The molecule has 0 saturated carbocycles. The molecule has 6 nitrogen and oxygen atoms in total. The number of aromatic nitrogens is 1. The first kappa shape index (κ1) is 19.6. The molecule has 1 aliphatic rings. The van der Waals surface area contributed by atoms with E-state index >= 15 is 0 Å². The highest BCUT2D eigenvalue weighted by atomic mass is 32.2. The fraction of sp³-hybridized carbons (Fsp3) is 0.450. The Balaban J connectivity index is 1.75. The van der Waals surface area contributed by atoms with Crippen LogP contribution in [-0.4, -0.2) is 45.0 Å². The summed E-state index contributed by atoms with van der Waals surface area (Å²) in [6, 6.07) is 11.4. The van der Waals surface area contributed by atoms with Crippen molar-refractivity contribution in [1.29, 1.82) is 0 Å². The van der Waals surface area contributed by atoms with Gasteiger partial charge in [0.1, 0.15) is 16.5 Å². The Morgan fingerprint density at radius 2 is 1.74 bits per heavy atom. The molecule has 7 heteroatoms. The van der Waals surface area contributed by atoms with Gasteiger partial charge in [-0.2, -0.15) is 4.31 Å². The van der Waals surface area contributed by atoms with Gasteiger partial charge < -0.3 is 9.64 Å². The summed E-state index contributed by atoms with van der Waals surface area (Å²) in [5.74, 6) is 1.55. The van der Waals surface area contributed by atoms with E-state index in [9.17, 15) is 8.42 Å². The smallest absolute Gasteiger partial charge is 0.244 e. The van der Waals surface area contributed by atoms with E-state index in [2.05, 4.69) is 11.9 Å². The summed E-state index contributed by atoms with van der Waals surface area (Å²) in [4.78, 5) is 6.70. The van der Waals surface area contributed by atoms with Gasteiger partial charge in [-0.3, -0.25) is 0 Å². The van der Waals surface area contributed by atoms with Gasteiger partial charge >= 0.3 is 0 Å². The maximum absolute atomic E-state index is 12.7. The monoisotopic (exact) mass is 389 g/mol. The molecule has 1 saturated heterocycles. The van der Waals surface area contributed by atoms with Crippen LogP contribution in [-0.2, 0) is 10.0 Å². The maximum atomic E-state index is 12.7. The van der Waals surface area contributed by atoms with Gasteiger partial charge in [0, 0.05) is 26.3 Å². The molecule has 146 valence electrons. The van der Waals surface area contributed by atoms with Crippen LogP contribution in [0.4, 0.5) is 5.82 Å². The number of rotatable bonds is 6. The van der Waals surface area contributed by atoms with Gasteiger partial charge in [-0.15, -0.1) is 0 Å². The minimum absolute atomic E-state index is 0.0907. The molecule has 2 heterocycles. The summed E-state index contributed by atoms with van der Waals surface area (Å²) in [6.07, 6.45) is 4.41. The first-order valence-corrected chi connectivity index (χ1v) is 10.7. The van der Waals surface area contributed by atoms with Crippen LogP contribution in [0.5, 0.6) is 5.75 Å². The molecule has 1 fully saturated rings. The lowest BCUT2D eigenvalue weighted by molar-refractivity contribution is 0.346. The predicted molar refractivity (Wildman–Crippen MR) is 107 cm³/mol. The van der Waals surface area contributed by atoms with Crippen molar-refractivity contribution in [3.05, 3.63) is 48.2 Å². The standard InChI is InChI=1S/C20H27N3O3S/c1-16(17-7-9-18(26-3)10-8-17)22(2)20-12-11-19(15-21-20)27(24,25)23-13-5-4-6-14-23/h7-12,15-16H,4-6,13-14H2,1-3H3. The number of benzene rings is 1. The van der Waals surface area contributed by atoms with Crippen molar-refractivity contribution in [2.45, 2.75) is 37.1 Å². The molecule has 2 aromatic rings. The first-order valence-electron chi connectivity index (χ1n) is 9.26. The number of ether oxygens (including phenoxy) is 1. The van der Waals surface area contributed by atoms with E-state index in [1.807, 2.05) is 36.2 Å². The Bertz CT molecular complexity index is 845. The van der Waals surface area contributed by atoms with Crippen molar-refractivity contribution in [3.63, 3.8) is 0 Å². The van der Waals surface area contributed by atoms with Crippen LogP contribution in [0, 0.1) is 0 Å². The molecule has 1 aromatic heterocycles. The molecule has 3 rings (SSSR count). The normalized spacial score (nSPS) is 16.7. The molecule has 1 atom stereocenters. The third-order valence-electron chi connectivity index (χ3n) is 5.21. The van der Waals surface area contributed by atoms with E-state index in [0.717, 1.165) is 36.4 Å². The predicted octanol–water partition coefficient (Wildman–Crippen LogP) is 3.46. The number of anilines is 1. The SMILES string of the molecule is COc1ccc(C(C)N(C)c2ccc(S(=O)(=O)N3CCCCC3)cn2)cc1. The fourth-order valence-corrected chi connectivity index (χ4v) is 4.76. The molecule has 0 aliphatic carbocycles. The lowest BCUT2D eigenvalue weighted by atomic mass is 10.1. The summed E-state index contributed by atoms with van der Waals surface area (Å²) >= 11 is 0. The molecule has 1 unspecified atom stereocenters. The van der Waals surface area contributed by atoms with Gasteiger partial charge in [-0.1, -0.05) is 18.6 Å². The zero-order valence-corrected chi connectivity index (χ0v) is 16.9. The molecule has 0 spiro atoms. The van der Waals surface area contributed by atoms with Gasteiger partial charge in [-0.25, -0.2) is 13.4 Å². The van der Waals surface area contributed by atoms with Crippen molar-refractivity contribution in [2.24, 2.45) is 0 Å². The molecular formula is C20H27N3O3S. The Morgan fingerprint density at radius 3 is 2.30 bits per heavy atom. The zero-order chi connectivity index (χ0) is 19.4. The van der Waals surface area contributed by atoms with Crippen molar-refractivity contribution < 1.29 is 13.2 Å². The van der Waals surface area contributed by atoms with E-state index in [1.54, 1.807) is 23.5 Å². The molecule has 0 amide bonds.